The maximum absolute atomic E-state index is 12.2. The normalized spacial score (nSPS) is 17.7. The van der Waals surface area contributed by atoms with Gasteiger partial charge >= 0.3 is 0 Å². The maximum atomic E-state index is 12.2. The Morgan fingerprint density at radius 2 is 2.32 bits per heavy atom. The summed E-state index contributed by atoms with van der Waals surface area (Å²) in [7, 11) is 1.88. The SMILES string of the molecule is Cn1cc(N2CC[C@@H](NC(=O)c3ccc(O)c(Cl)c3)C2)cn1. The number of carbonyl (C=O) groups is 1. The second-order valence-corrected chi connectivity index (χ2v) is 5.85. The third-order valence-electron chi connectivity index (χ3n) is 3.79. The molecule has 0 aliphatic carbocycles. The van der Waals surface area contributed by atoms with Gasteiger partial charge < -0.3 is 15.3 Å². The highest BCUT2D eigenvalue weighted by molar-refractivity contribution is 6.32. The minimum absolute atomic E-state index is 0.0261. The van der Waals surface area contributed by atoms with Crippen molar-refractivity contribution >= 4 is 23.2 Å². The fraction of sp³-hybridized carbons (Fsp3) is 0.333. The van der Waals surface area contributed by atoms with Crippen LogP contribution in [0.1, 0.15) is 16.8 Å². The maximum Gasteiger partial charge on any atom is 0.251 e. The van der Waals surface area contributed by atoms with Gasteiger partial charge in [0.2, 0.25) is 0 Å². The molecule has 0 bridgehead atoms. The van der Waals surface area contributed by atoms with Crippen LogP contribution in [0.2, 0.25) is 5.02 Å². The highest BCUT2D eigenvalue weighted by Crippen LogP contribution is 2.24. The molecule has 1 aliphatic heterocycles. The van der Waals surface area contributed by atoms with Crippen molar-refractivity contribution in [2.75, 3.05) is 18.0 Å². The number of aromatic nitrogens is 2. The molecule has 0 saturated carbocycles. The molecule has 0 radical (unpaired) electrons. The molecule has 0 unspecified atom stereocenters. The van der Waals surface area contributed by atoms with E-state index >= 15 is 0 Å². The largest absolute Gasteiger partial charge is 0.506 e. The number of anilines is 1. The van der Waals surface area contributed by atoms with Crippen LogP contribution in [-0.4, -0.2) is 39.9 Å². The number of nitrogens with zero attached hydrogens (tertiary/aromatic N) is 3. The molecule has 1 aliphatic rings. The van der Waals surface area contributed by atoms with Gasteiger partial charge in [-0.15, -0.1) is 0 Å². The zero-order chi connectivity index (χ0) is 15.7. The fourth-order valence-corrected chi connectivity index (χ4v) is 2.78. The molecular formula is C15H17ClN4O2. The number of hydrogen-bond donors (Lipinski definition) is 2. The van der Waals surface area contributed by atoms with Gasteiger partial charge in [-0.25, -0.2) is 0 Å². The second kappa shape index (κ2) is 5.88. The molecule has 1 fully saturated rings. The number of halogens is 1. The predicted octanol–water partition coefficient (Wildman–Crippen LogP) is 1.79. The Morgan fingerprint density at radius 1 is 1.50 bits per heavy atom. The van der Waals surface area contributed by atoms with Crippen LogP contribution in [0.4, 0.5) is 5.69 Å². The molecule has 1 saturated heterocycles. The second-order valence-electron chi connectivity index (χ2n) is 5.44. The summed E-state index contributed by atoms with van der Waals surface area (Å²) in [5.74, 6) is -0.207. The van der Waals surface area contributed by atoms with Crippen LogP contribution in [0.15, 0.2) is 30.6 Å². The van der Waals surface area contributed by atoms with Crippen molar-refractivity contribution in [3.05, 3.63) is 41.2 Å². The highest BCUT2D eigenvalue weighted by Gasteiger charge is 2.25. The van der Waals surface area contributed by atoms with Crippen LogP contribution >= 0.6 is 11.6 Å². The van der Waals surface area contributed by atoms with Gasteiger partial charge in [-0.1, -0.05) is 11.6 Å². The van der Waals surface area contributed by atoms with Gasteiger partial charge in [-0.2, -0.15) is 5.10 Å². The molecule has 6 nitrogen and oxygen atoms in total. The van der Waals surface area contributed by atoms with E-state index in [2.05, 4.69) is 15.3 Å². The smallest absolute Gasteiger partial charge is 0.251 e. The van der Waals surface area contributed by atoms with Crippen molar-refractivity contribution in [3.63, 3.8) is 0 Å². The first kappa shape index (κ1) is 14.7. The molecule has 7 heteroatoms. The van der Waals surface area contributed by atoms with Gasteiger partial charge in [0.1, 0.15) is 5.75 Å². The number of hydrogen-bond acceptors (Lipinski definition) is 4. The van der Waals surface area contributed by atoms with Crippen molar-refractivity contribution in [1.82, 2.24) is 15.1 Å². The summed E-state index contributed by atoms with van der Waals surface area (Å²) in [6, 6.07) is 4.54. The monoisotopic (exact) mass is 320 g/mol. The van der Waals surface area contributed by atoms with E-state index in [4.69, 9.17) is 11.6 Å². The Hall–Kier alpha value is -2.21. The van der Waals surface area contributed by atoms with Gasteiger partial charge in [0.05, 0.1) is 16.9 Å². The predicted molar refractivity (Wildman–Crippen MR) is 84.4 cm³/mol. The third-order valence-corrected chi connectivity index (χ3v) is 4.09. The minimum atomic E-state index is -0.181. The summed E-state index contributed by atoms with van der Waals surface area (Å²) in [6.45, 7) is 1.64. The summed E-state index contributed by atoms with van der Waals surface area (Å²) < 4.78 is 1.76. The Labute approximate surface area is 133 Å². The van der Waals surface area contributed by atoms with Crippen molar-refractivity contribution in [3.8, 4) is 5.75 Å². The number of rotatable bonds is 3. The lowest BCUT2D eigenvalue weighted by atomic mass is 10.2. The number of benzene rings is 1. The Kier molecular flexibility index (Phi) is 3.94. The molecule has 1 aromatic carbocycles. The molecule has 2 aromatic rings. The van der Waals surface area contributed by atoms with E-state index in [9.17, 15) is 9.90 Å². The molecule has 1 aromatic heterocycles. The van der Waals surface area contributed by atoms with Crippen LogP contribution in [0, 0.1) is 0 Å². The summed E-state index contributed by atoms with van der Waals surface area (Å²) in [5.41, 5.74) is 1.51. The first-order chi connectivity index (χ1) is 10.5. The van der Waals surface area contributed by atoms with Gasteiger partial charge in [0.15, 0.2) is 0 Å². The summed E-state index contributed by atoms with van der Waals surface area (Å²) in [5, 5.41) is 16.7. The average Bonchev–Trinajstić information content (AvgIpc) is 3.10. The molecule has 22 heavy (non-hydrogen) atoms. The van der Waals surface area contributed by atoms with E-state index in [1.54, 1.807) is 10.7 Å². The molecule has 3 rings (SSSR count). The Morgan fingerprint density at radius 3 is 3.00 bits per heavy atom. The number of phenolic OH excluding ortho intramolecular Hbond substituents is 1. The van der Waals surface area contributed by atoms with E-state index < -0.39 is 0 Å². The number of aromatic hydroxyl groups is 1. The van der Waals surface area contributed by atoms with Crippen LogP contribution in [0.25, 0.3) is 0 Å². The number of nitrogens with one attached hydrogen (secondary N) is 1. The van der Waals surface area contributed by atoms with E-state index in [-0.39, 0.29) is 22.7 Å². The van der Waals surface area contributed by atoms with Gasteiger partial charge in [-0.05, 0) is 24.6 Å². The summed E-state index contributed by atoms with van der Waals surface area (Å²) in [4.78, 5) is 14.4. The van der Waals surface area contributed by atoms with Gasteiger partial charge in [0.25, 0.3) is 5.91 Å². The molecule has 1 atom stereocenters. The summed E-state index contributed by atoms with van der Waals surface area (Å²) >= 11 is 5.83. The van der Waals surface area contributed by atoms with Crippen molar-refractivity contribution < 1.29 is 9.90 Å². The van der Waals surface area contributed by atoms with Crippen LogP contribution in [0.5, 0.6) is 5.75 Å². The van der Waals surface area contributed by atoms with Gasteiger partial charge in [-0.3, -0.25) is 9.48 Å². The molecular weight excluding hydrogens is 304 g/mol. The van der Waals surface area contributed by atoms with Crippen LogP contribution < -0.4 is 10.2 Å². The highest BCUT2D eigenvalue weighted by atomic mass is 35.5. The van der Waals surface area contributed by atoms with E-state index in [1.807, 2.05) is 19.4 Å². The zero-order valence-corrected chi connectivity index (χ0v) is 12.9. The molecule has 0 spiro atoms. The number of aryl methyl sites for hydroxylation is 1. The molecule has 2 N–H and O–H groups in total. The topological polar surface area (TPSA) is 70.4 Å². The lowest BCUT2D eigenvalue weighted by Gasteiger charge is -2.17. The van der Waals surface area contributed by atoms with Crippen LogP contribution in [-0.2, 0) is 7.05 Å². The van der Waals surface area contributed by atoms with E-state index in [1.165, 1.54) is 12.1 Å². The average molecular weight is 321 g/mol. The van der Waals surface area contributed by atoms with Gasteiger partial charge in [0, 0.05) is 37.9 Å². The van der Waals surface area contributed by atoms with Crippen molar-refractivity contribution in [2.24, 2.45) is 7.05 Å². The van der Waals surface area contributed by atoms with Crippen molar-refractivity contribution in [1.29, 1.82) is 0 Å². The van der Waals surface area contributed by atoms with Crippen LogP contribution in [0.3, 0.4) is 0 Å². The minimum Gasteiger partial charge on any atom is -0.506 e. The Bertz CT molecular complexity index is 701. The zero-order valence-electron chi connectivity index (χ0n) is 12.2. The lowest BCUT2D eigenvalue weighted by Crippen LogP contribution is -2.37. The molecule has 1 amide bonds. The summed E-state index contributed by atoms with van der Waals surface area (Å²) in [6.07, 6.45) is 4.67. The first-order valence-corrected chi connectivity index (χ1v) is 7.43. The Balaban J connectivity index is 1.62. The van der Waals surface area contributed by atoms with E-state index in [0.29, 0.717) is 5.56 Å². The number of carbonyl (C=O) groups excluding carboxylic acids is 1. The first-order valence-electron chi connectivity index (χ1n) is 7.06. The fourth-order valence-electron chi connectivity index (χ4n) is 2.60. The standard InChI is InChI=1S/C15H17ClN4O2/c1-19-9-12(7-17-19)20-5-4-11(8-20)18-15(22)10-2-3-14(21)13(16)6-10/h2-3,6-7,9,11,21H,4-5,8H2,1H3,(H,18,22)/t11-/m1/s1. The number of amides is 1. The third kappa shape index (κ3) is 3.01. The van der Waals surface area contributed by atoms with Crippen molar-refractivity contribution in [2.45, 2.75) is 12.5 Å². The molecule has 2 heterocycles. The van der Waals surface area contributed by atoms with E-state index in [0.717, 1.165) is 25.2 Å². The molecule has 116 valence electrons. The lowest BCUT2D eigenvalue weighted by molar-refractivity contribution is 0.0940. The number of phenols is 1. The quantitative estimate of drug-likeness (QED) is 0.904.